The Hall–Kier alpha value is -4.95. The van der Waals surface area contributed by atoms with E-state index in [1.807, 2.05) is 71.6 Å². The van der Waals surface area contributed by atoms with E-state index in [9.17, 15) is 18.0 Å². The van der Waals surface area contributed by atoms with Gasteiger partial charge in [0.2, 0.25) is 0 Å². The number of halogens is 4. The number of nitrogens with zero attached hydrogens (tertiary/aromatic N) is 2. The Morgan fingerprint density at radius 3 is 2.13 bits per heavy atom. The molecule has 47 heavy (non-hydrogen) atoms. The Balaban J connectivity index is 1.44. The van der Waals surface area contributed by atoms with Crippen molar-refractivity contribution in [3.8, 4) is 11.5 Å². The molecule has 0 saturated heterocycles. The maximum Gasteiger partial charge on any atom is 0.416 e. The third kappa shape index (κ3) is 5.17. The minimum atomic E-state index is -4.47. The lowest BCUT2D eigenvalue weighted by atomic mass is 9.77. The second-order valence-electron chi connectivity index (χ2n) is 11.5. The minimum Gasteiger partial charge on any atom is -0.455 e. The number of esters is 1. The maximum atomic E-state index is 13.5. The first-order valence-electron chi connectivity index (χ1n) is 15.4. The maximum absolute atomic E-state index is 13.5. The zero-order valence-corrected chi connectivity index (χ0v) is 26.4. The van der Waals surface area contributed by atoms with E-state index in [2.05, 4.69) is 18.7 Å². The van der Waals surface area contributed by atoms with Crippen LogP contribution in [0, 0.1) is 0 Å². The van der Waals surface area contributed by atoms with Crippen LogP contribution in [0.25, 0.3) is 0 Å². The van der Waals surface area contributed by atoms with E-state index in [-0.39, 0.29) is 5.02 Å². The van der Waals surface area contributed by atoms with Crippen molar-refractivity contribution in [2.45, 2.75) is 32.2 Å². The van der Waals surface area contributed by atoms with E-state index in [4.69, 9.17) is 21.1 Å². The summed E-state index contributed by atoms with van der Waals surface area (Å²) in [7, 11) is 0. The summed E-state index contributed by atoms with van der Waals surface area (Å²) in [4.78, 5) is 17.6. The van der Waals surface area contributed by atoms with E-state index < -0.39 is 23.3 Å². The number of benzene rings is 5. The smallest absolute Gasteiger partial charge is 0.416 e. The monoisotopic (exact) mass is 654 g/mol. The van der Waals surface area contributed by atoms with E-state index >= 15 is 0 Å². The first-order valence-corrected chi connectivity index (χ1v) is 15.7. The summed E-state index contributed by atoms with van der Waals surface area (Å²) in [6.07, 6.45) is -4.47. The number of alkyl halides is 3. The Labute approximate surface area is 275 Å². The highest BCUT2D eigenvalue weighted by atomic mass is 35.5. The average molecular weight is 655 g/mol. The fraction of sp³-hybridized carbons (Fsp3) is 0.184. The first-order chi connectivity index (χ1) is 22.6. The van der Waals surface area contributed by atoms with Gasteiger partial charge >= 0.3 is 12.1 Å². The Kier molecular flexibility index (Phi) is 7.63. The molecule has 7 rings (SSSR count). The van der Waals surface area contributed by atoms with Gasteiger partial charge in [0.15, 0.2) is 11.4 Å². The lowest BCUT2D eigenvalue weighted by molar-refractivity contribution is -0.137. The van der Waals surface area contributed by atoms with Gasteiger partial charge in [-0.2, -0.15) is 13.2 Å². The molecule has 238 valence electrons. The molecule has 0 saturated carbocycles. The summed E-state index contributed by atoms with van der Waals surface area (Å²) in [5.41, 5.74) is 3.13. The lowest BCUT2D eigenvalue weighted by Gasteiger charge is -2.38. The molecular formula is C38H30ClF3N2O3. The molecule has 2 heterocycles. The molecular weight excluding hydrogens is 625 g/mol. The molecule has 5 aromatic carbocycles. The van der Waals surface area contributed by atoms with Crippen molar-refractivity contribution in [1.82, 2.24) is 0 Å². The molecule has 2 aliphatic rings. The lowest BCUT2D eigenvalue weighted by Crippen LogP contribution is -2.34. The second kappa shape index (κ2) is 11.7. The van der Waals surface area contributed by atoms with Crippen LogP contribution in [0.2, 0.25) is 5.02 Å². The summed E-state index contributed by atoms with van der Waals surface area (Å²) in [6, 6.07) is 31.3. The predicted octanol–water partition coefficient (Wildman–Crippen LogP) is 10.1. The highest BCUT2D eigenvalue weighted by Crippen LogP contribution is 2.59. The quantitative estimate of drug-likeness (QED) is 0.163. The third-order valence-electron chi connectivity index (χ3n) is 8.87. The van der Waals surface area contributed by atoms with Gasteiger partial charge in [-0.05, 0) is 74.0 Å². The molecule has 0 radical (unpaired) electrons. The number of hydrogen-bond donors (Lipinski definition) is 0. The molecule has 0 aromatic heterocycles. The van der Waals surface area contributed by atoms with Gasteiger partial charge in [-0.15, -0.1) is 0 Å². The van der Waals surface area contributed by atoms with Crippen molar-refractivity contribution in [3.63, 3.8) is 0 Å². The molecule has 1 atom stereocenters. The molecule has 0 amide bonds. The summed E-state index contributed by atoms with van der Waals surface area (Å²) in [5.74, 6) is 0.388. The Morgan fingerprint density at radius 2 is 1.43 bits per heavy atom. The molecule has 5 aromatic rings. The topological polar surface area (TPSA) is 42.0 Å². The number of carbonyl (C=O) groups excluding carboxylic acids is 1. The summed E-state index contributed by atoms with van der Waals surface area (Å²) in [6.45, 7) is 6.06. The largest absolute Gasteiger partial charge is 0.455 e. The van der Waals surface area contributed by atoms with Crippen LogP contribution in [0.15, 0.2) is 109 Å². The fourth-order valence-electron chi connectivity index (χ4n) is 6.57. The molecule has 0 fully saturated rings. The molecule has 2 aliphatic heterocycles. The molecule has 9 heteroatoms. The van der Waals surface area contributed by atoms with E-state index in [1.54, 1.807) is 18.2 Å². The molecule has 0 N–H and O–H groups in total. The van der Waals surface area contributed by atoms with Crippen molar-refractivity contribution in [2.75, 3.05) is 22.9 Å². The second-order valence-corrected chi connectivity index (χ2v) is 11.9. The molecule has 1 spiro atoms. The number of anilines is 3. The van der Waals surface area contributed by atoms with E-state index in [0.717, 1.165) is 36.5 Å². The predicted molar refractivity (Wildman–Crippen MR) is 177 cm³/mol. The van der Waals surface area contributed by atoms with E-state index in [0.29, 0.717) is 51.7 Å². The fourth-order valence-corrected chi connectivity index (χ4v) is 6.82. The van der Waals surface area contributed by atoms with Gasteiger partial charge in [-0.25, -0.2) is 4.79 Å². The van der Waals surface area contributed by atoms with Crippen molar-refractivity contribution in [3.05, 3.63) is 148 Å². The van der Waals surface area contributed by atoms with Gasteiger partial charge in [-0.1, -0.05) is 60.1 Å². The zero-order valence-electron chi connectivity index (χ0n) is 25.6. The van der Waals surface area contributed by atoms with Crippen molar-refractivity contribution < 1.29 is 27.4 Å². The standard InChI is InChI=1S/C38H30ClF3N2O3/c1-3-43(4-2)27-18-19-31-34(22-27)46-35-32(37(31)30-13-9-8-12-29(30)36(45)47-37)20-28(21-33(35)39)44(23-24-10-6-5-7-11-24)26-16-14-25(15-17-26)38(40,41)42/h5-22H,3-4,23H2,1-2H3. The molecule has 0 bridgehead atoms. The highest BCUT2D eigenvalue weighted by Gasteiger charge is 2.54. The molecule has 0 aliphatic carbocycles. The van der Waals surface area contributed by atoms with Gasteiger partial charge in [0, 0.05) is 53.9 Å². The number of hydrogen-bond acceptors (Lipinski definition) is 5. The highest BCUT2D eigenvalue weighted by molar-refractivity contribution is 6.32. The minimum absolute atomic E-state index is 0.265. The van der Waals surface area contributed by atoms with Crippen LogP contribution in [0.5, 0.6) is 11.5 Å². The summed E-state index contributed by atoms with van der Waals surface area (Å²) >= 11 is 7.06. The SMILES string of the molecule is CCN(CC)c1ccc2c(c1)Oc1c(Cl)cc(N(Cc3ccccc3)c3ccc(C(F)(F)F)cc3)cc1C21OC(=O)c2ccccc21. The summed E-state index contributed by atoms with van der Waals surface area (Å²) in [5, 5.41) is 0.265. The first kappa shape index (κ1) is 30.7. The number of fused-ring (bicyclic) bond motifs is 6. The average Bonchev–Trinajstić information content (AvgIpc) is 3.37. The van der Waals surface area contributed by atoms with Crippen molar-refractivity contribution in [2.24, 2.45) is 0 Å². The van der Waals surface area contributed by atoms with Gasteiger partial charge in [0.1, 0.15) is 5.75 Å². The Morgan fingerprint density at radius 1 is 0.745 bits per heavy atom. The Bertz CT molecular complexity index is 1980. The zero-order chi connectivity index (χ0) is 32.9. The van der Waals surface area contributed by atoms with Crippen LogP contribution in [-0.4, -0.2) is 19.1 Å². The third-order valence-corrected chi connectivity index (χ3v) is 9.15. The van der Waals surface area contributed by atoms with Crippen LogP contribution < -0.4 is 14.5 Å². The number of rotatable bonds is 7. The molecule has 1 unspecified atom stereocenters. The van der Waals surface area contributed by atoms with Gasteiger partial charge in [0.25, 0.3) is 0 Å². The van der Waals surface area contributed by atoms with Crippen LogP contribution in [-0.2, 0) is 23.1 Å². The van der Waals surface area contributed by atoms with Crippen molar-refractivity contribution in [1.29, 1.82) is 0 Å². The normalized spacial score (nSPS) is 16.2. The van der Waals surface area contributed by atoms with Gasteiger partial charge in [0.05, 0.1) is 21.7 Å². The van der Waals surface area contributed by atoms with Gasteiger partial charge < -0.3 is 19.3 Å². The van der Waals surface area contributed by atoms with E-state index in [1.165, 1.54) is 12.1 Å². The number of ether oxygens (including phenoxy) is 2. The van der Waals surface area contributed by atoms with Crippen LogP contribution >= 0.6 is 11.6 Å². The number of carbonyl (C=O) groups is 1. The van der Waals surface area contributed by atoms with Crippen molar-refractivity contribution >= 4 is 34.6 Å². The van der Waals surface area contributed by atoms with Gasteiger partial charge in [-0.3, -0.25) is 0 Å². The molecule has 5 nitrogen and oxygen atoms in total. The summed E-state index contributed by atoms with van der Waals surface area (Å²) < 4.78 is 53.4. The van der Waals surface area contributed by atoms with Crippen LogP contribution in [0.3, 0.4) is 0 Å². The van der Waals surface area contributed by atoms with Crippen LogP contribution in [0.1, 0.15) is 52.0 Å². The van der Waals surface area contributed by atoms with Crippen LogP contribution in [0.4, 0.5) is 30.2 Å².